The average molecular weight is 273 g/mol. The predicted octanol–water partition coefficient (Wildman–Crippen LogP) is 4.16. The molecule has 0 aromatic heterocycles. The van der Waals surface area contributed by atoms with Crippen molar-refractivity contribution in [2.24, 2.45) is 0 Å². The number of Topliss-reactive ketones (excluding diaryl/α,β-unsaturated/α-hetero) is 1. The zero-order valence-electron chi connectivity index (χ0n) is 9.42. The van der Waals surface area contributed by atoms with Crippen LogP contribution in [0.5, 0.6) is 0 Å². The van der Waals surface area contributed by atoms with Crippen molar-refractivity contribution in [3.63, 3.8) is 0 Å². The van der Waals surface area contributed by atoms with E-state index >= 15 is 0 Å². The Balaban J connectivity index is 2.44. The molecule has 0 fully saturated rings. The van der Waals surface area contributed by atoms with Gasteiger partial charge in [0.2, 0.25) is 0 Å². The molecule has 0 aliphatic heterocycles. The van der Waals surface area contributed by atoms with Crippen LogP contribution >= 0.6 is 23.2 Å². The fourth-order valence-electron chi connectivity index (χ4n) is 1.29. The molecule has 0 saturated carbocycles. The van der Waals surface area contributed by atoms with E-state index in [9.17, 15) is 4.79 Å². The lowest BCUT2D eigenvalue weighted by molar-refractivity contribution is 0.0757. The molecular weight excluding hydrogens is 259 g/mol. The Morgan fingerprint density at radius 1 is 1.41 bits per heavy atom. The number of carbonyl (C=O) groups is 1. The van der Waals surface area contributed by atoms with E-state index in [0.717, 1.165) is 12.8 Å². The van der Waals surface area contributed by atoms with Crippen molar-refractivity contribution in [1.29, 1.82) is 0 Å². The van der Waals surface area contributed by atoms with Gasteiger partial charge in [0.15, 0.2) is 5.78 Å². The molecule has 0 radical (unpaired) electrons. The van der Waals surface area contributed by atoms with Crippen LogP contribution in [0, 0.1) is 0 Å². The molecule has 1 rings (SSSR count). The van der Waals surface area contributed by atoms with Gasteiger partial charge in [0.1, 0.15) is 6.61 Å². The maximum Gasteiger partial charge on any atom is 0.189 e. The second-order valence-electron chi connectivity index (χ2n) is 3.53. The molecule has 92 valence electrons. The minimum atomic E-state index is -0.134. The van der Waals surface area contributed by atoms with Gasteiger partial charge < -0.3 is 4.74 Å². The van der Waals surface area contributed by atoms with E-state index < -0.39 is 0 Å². The van der Waals surface area contributed by atoms with Gasteiger partial charge in [0, 0.05) is 17.2 Å². The van der Waals surface area contributed by atoms with Crippen molar-refractivity contribution >= 4 is 29.0 Å². The number of hydrogen-bond acceptors (Lipinski definition) is 2. The van der Waals surface area contributed by atoms with Gasteiger partial charge in [0.05, 0.1) is 5.02 Å². The molecule has 1 aromatic rings. The maximum absolute atomic E-state index is 11.7. The Kier molecular flexibility index (Phi) is 6.27. The van der Waals surface area contributed by atoms with Gasteiger partial charge in [-0.3, -0.25) is 4.79 Å². The molecule has 0 amide bonds. The van der Waals surface area contributed by atoms with Crippen LogP contribution in [-0.4, -0.2) is 19.0 Å². The fraction of sp³-hybridized carbons (Fsp3) is 0.308. The summed E-state index contributed by atoms with van der Waals surface area (Å²) in [5.74, 6) is -0.134. The third-order valence-electron chi connectivity index (χ3n) is 2.16. The molecular formula is C13H14Cl2O2. The molecule has 1 aromatic carbocycles. The van der Waals surface area contributed by atoms with Gasteiger partial charge in [-0.05, 0) is 31.0 Å². The van der Waals surface area contributed by atoms with Crippen LogP contribution in [0.15, 0.2) is 30.9 Å². The molecule has 0 bridgehead atoms. The van der Waals surface area contributed by atoms with Crippen molar-refractivity contribution in [1.82, 2.24) is 0 Å². The molecule has 0 spiro atoms. The lowest BCUT2D eigenvalue weighted by atomic mass is 10.1. The van der Waals surface area contributed by atoms with E-state index in [1.54, 1.807) is 18.2 Å². The Morgan fingerprint density at radius 3 is 2.82 bits per heavy atom. The molecule has 0 aliphatic carbocycles. The Bertz CT molecular complexity index is 402. The highest BCUT2D eigenvalue weighted by Gasteiger charge is 2.10. The first kappa shape index (κ1) is 14.2. The first-order valence-corrected chi connectivity index (χ1v) is 6.07. The molecule has 2 nitrogen and oxygen atoms in total. The molecule has 0 unspecified atom stereocenters. The number of rotatable bonds is 7. The van der Waals surface area contributed by atoms with Gasteiger partial charge in [-0.15, -0.1) is 6.58 Å². The van der Waals surface area contributed by atoms with Gasteiger partial charge in [-0.1, -0.05) is 29.3 Å². The molecule has 0 N–H and O–H groups in total. The summed E-state index contributed by atoms with van der Waals surface area (Å²) in [6.07, 6.45) is 3.57. The first-order chi connectivity index (χ1) is 8.15. The highest BCUT2D eigenvalue weighted by atomic mass is 35.5. The summed E-state index contributed by atoms with van der Waals surface area (Å²) in [7, 11) is 0. The van der Waals surface area contributed by atoms with E-state index in [4.69, 9.17) is 27.9 Å². The third-order valence-corrected chi connectivity index (χ3v) is 2.71. The minimum Gasteiger partial charge on any atom is -0.373 e. The van der Waals surface area contributed by atoms with Crippen molar-refractivity contribution < 1.29 is 9.53 Å². The highest BCUT2D eigenvalue weighted by molar-refractivity contribution is 6.36. The zero-order chi connectivity index (χ0) is 12.7. The lowest BCUT2D eigenvalue weighted by Gasteiger charge is -2.05. The molecule has 0 heterocycles. The number of carbonyl (C=O) groups excluding carboxylic acids is 1. The van der Waals surface area contributed by atoms with E-state index in [0.29, 0.717) is 22.2 Å². The Labute approximate surface area is 111 Å². The monoisotopic (exact) mass is 272 g/mol. The summed E-state index contributed by atoms with van der Waals surface area (Å²) in [6.45, 7) is 4.19. The normalized spacial score (nSPS) is 10.2. The molecule has 4 heteroatoms. The summed E-state index contributed by atoms with van der Waals surface area (Å²) in [4.78, 5) is 11.7. The fourth-order valence-corrected chi connectivity index (χ4v) is 1.80. The van der Waals surface area contributed by atoms with Crippen molar-refractivity contribution in [2.75, 3.05) is 13.2 Å². The Hall–Kier alpha value is -0.830. The largest absolute Gasteiger partial charge is 0.373 e. The SMILES string of the molecule is C=CCCCOCC(=O)c1ccc(Cl)cc1Cl. The number of unbranched alkanes of at least 4 members (excludes halogenated alkanes) is 1. The van der Waals surface area contributed by atoms with Gasteiger partial charge in [-0.25, -0.2) is 0 Å². The number of benzene rings is 1. The zero-order valence-corrected chi connectivity index (χ0v) is 10.9. The third kappa shape index (κ3) is 4.90. The number of allylic oxidation sites excluding steroid dienone is 1. The summed E-state index contributed by atoms with van der Waals surface area (Å²) >= 11 is 11.7. The second kappa shape index (κ2) is 7.49. The van der Waals surface area contributed by atoms with Crippen LogP contribution in [-0.2, 0) is 4.74 Å². The van der Waals surface area contributed by atoms with E-state index in [1.165, 1.54) is 0 Å². The van der Waals surface area contributed by atoms with Crippen LogP contribution < -0.4 is 0 Å². The van der Waals surface area contributed by atoms with Gasteiger partial charge in [0.25, 0.3) is 0 Å². The van der Waals surface area contributed by atoms with Crippen molar-refractivity contribution in [2.45, 2.75) is 12.8 Å². The van der Waals surface area contributed by atoms with Crippen molar-refractivity contribution in [3.05, 3.63) is 46.5 Å². The van der Waals surface area contributed by atoms with Crippen LogP contribution in [0.3, 0.4) is 0 Å². The summed E-state index contributed by atoms with van der Waals surface area (Å²) < 4.78 is 5.25. The highest BCUT2D eigenvalue weighted by Crippen LogP contribution is 2.21. The maximum atomic E-state index is 11.7. The summed E-state index contributed by atoms with van der Waals surface area (Å²) in [6, 6.07) is 4.80. The van der Waals surface area contributed by atoms with E-state index in [-0.39, 0.29) is 12.4 Å². The van der Waals surface area contributed by atoms with E-state index in [1.807, 2.05) is 6.08 Å². The number of hydrogen-bond donors (Lipinski definition) is 0. The lowest BCUT2D eigenvalue weighted by Crippen LogP contribution is -2.10. The molecule has 0 aliphatic rings. The van der Waals surface area contributed by atoms with Gasteiger partial charge >= 0.3 is 0 Å². The van der Waals surface area contributed by atoms with Gasteiger partial charge in [-0.2, -0.15) is 0 Å². The van der Waals surface area contributed by atoms with Crippen LogP contribution in [0.1, 0.15) is 23.2 Å². The summed E-state index contributed by atoms with van der Waals surface area (Å²) in [5.41, 5.74) is 0.444. The van der Waals surface area contributed by atoms with Crippen LogP contribution in [0.25, 0.3) is 0 Å². The Morgan fingerprint density at radius 2 is 2.18 bits per heavy atom. The topological polar surface area (TPSA) is 26.3 Å². The predicted molar refractivity (Wildman–Crippen MR) is 71.0 cm³/mol. The van der Waals surface area contributed by atoms with E-state index in [2.05, 4.69) is 6.58 Å². The number of halogens is 2. The second-order valence-corrected chi connectivity index (χ2v) is 4.37. The average Bonchev–Trinajstić information content (AvgIpc) is 2.28. The molecule has 0 saturated heterocycles. The number of ketones is 1. The minimum absolute atomic E-state index is 0.0402. The number of ether oxygens (including phenoxy) is 1. The molecule has 0 atom stereocenters. The smallest absolute Gasteiger partial charge is 0.189 e. The van der Waals surface area contributed by atoms with Crippen LogP contribution in [0.4, 0.5) is 0 Å². The van der Waals surface area contributed by atoms with Crippen molar-refractivity contribution in [3.8, 4) is 0 Å². The summed E-state index contributed by atoms with van der Waals surface area (Å²) in [5, 5.41) is 0.871. The first-order valence-electron chi connectivity index (χ1n) is 5.32. The standard InChI is InChI=1S/C13H14Cl2O2/c1-2-3-4-7-17-9-13(16)11-6-5-10(14)8-12(11)15/h2,5-6,8H,1,3-4,7,9H2. The van der Waals surface area contributed by atoms with Crippen LogP contribution in [0.2, 0.25) is 10.0 Å². The molecule has 17 heavy (non-hydrogen) atoms. The quantitative estimate of drug-likeness (QED) is 0.423.